The van der Waals surface area contributed by atoms with Crippen LogP contribution in [0.25, 0.3) is 0 Å². The van der Waals surface area contributed by atoms with Crippen LogP contribution in [0.15, 0.2) is 97.2 Å². The predicted octanol–water partition coefficient (Wildman–Crippen LogP) is 18.9. The summed E-state index contributed by atoms with van der Waals surface area (Å²) in [6, 6.07) is 0. The molecule has 0 saturated heterocycles. The average molecular weight is 946 g/mol. The molecule has 1 unspecified atom stereocenters. The maximum absolute atomic E-state index is 12.9. The fourth-order valence-corrected chi connectivity index (χ4v) is 7.55. The van der Waals surface area contributed by atoms with Crippen LogP contribution < -0.4 is 0 Å². The Bertz CT molecular complexity index is 1360. The van der Waals surface area contributed by atoms with Crippen LogP contribution in [0, 0.1) is 0 Å². The maximum Gasteiger partial charge on any atom is 0.306 e. The molecule has 0 rings (SSSR count). The Morgan fingerprint density at radius 2 is 0.574 bits per heavy atom. The van der Waals surface area contributed by atoms with Gasteiger partial charge in [-0.15, -0.1) is 0 Å². The van der Waals surface area contributed by atoms with Gasteiger partial charge >= 0.3 is 17.9 Å². The second kappa shape index (κ2) is 55.9. The van der Waals surface area contributed by atoms with Gasteiger partial charge in [0, 0.05) is 19.3 Å². The van der Waals surface area contributed by atoms with Gasteiger partial charge in [-0.05, 0) is 122 Å². The van der Waals surface area contributed by atoms with Crippen LogP contribution in [0.5, 0.6) is 0 Å². The number of allylic oxidation sites excluding steroid dienone is 16. The SMILES string of the molecule is CC/C=C\C/C=C\C/C=C\C/C=C\C/C=C\CCCCCC(=O)OCC(COC(=O)CCCCCCC/C=C\CCCCCC)OC(=O)CCCCCCCCC/C=C\C/C=C\CCCCCC. The van der Waals surface area contributed by atoms with Crippen molar-refractivity contribution in [1.82, 2.24) is 0 Å². The lowest BCUT2D eigenvalue weighted by Gasteiger charge is -2.18. The minimum Gasteiger partial charge on any atom is -0.462 e. The van der Waals surface area contributed by atoms with Crippen molar-refractivity contribution < 1.29 is 28.6 Å². The zero-order chi connectivity index (χ0) is 49.3. The first-order valence-electron chi connectivity index (χ1n) is 28.2. The molecule has 0 aliphatic carbocycles. The zero-order valence-electron chi connectivity index (χ0n) is 44.3. The fraction of sp³-hybridized carbons (Fsp3) is 0.694. The van der Waals surface area contributed by atoms with Crippen LogP contribution in [0.4, 0.5) is 0 Å². The molecule has 1 atom stereocenters. The molecule has 0 aromatic carbocycles. The normalized spacial score (nSPS) is 12.8. The molecule has 0 fully saturated rings. The highest BCUT2D eigenvalue weighted by Gasteiger charge is 2.19. The molecule has 0 N–H and O–H groups in total. The van der Waals surface area contributed by atoms with Gasteiger partial charge in [0.15, 0.2) is 6.10 Å². The van der Waals surface area contributed by atoms with Gasteiger partial charge < -0.3 is 14.2 Å². The largest absolute Gasteiger partial charge is 0.462 e. The van der Waals surface area contributed by atoms with E-state index in [9.17, 15) is 14.4 Å². The van der Waals surface area contributed by atoms with E-state index in [4.69, 9.17) is 14.2 Å². The Balaban J connectivity index is 4.47. The molecule has 388 valence electrons. The molecular formula is C62H104O6. The first-order valence-corrected chi connectivity index (χ1v) is 28.2. The Morgan fingerprint density at radius 1 is 0.309 bits per heavy atom. The molecule has 0 radical (unpaired) electrons. The number of esters is 3. The third-order valence-corrected chi connectivity index (χ3v) is 11.8. The summed E-state index contributed by atoms with van der Waals surface area (Å²) in [5.41, 5.74) is 0. The lowest BCUT2D eigenvalue weighted by atomic mass is 10.1. The maximum atomic E-state index is 12.9. The van der Waals surface area contributed by atoms with Crippen LogP contribution in [-0.4, -0.2) is 37.2 Å². The van der Waals surface area contributed by atoms with Crippen molar-refractivity contribution in [3.63, 3.8) is 0 Å². The highest BCUT2D eigenvalue weighted by Crippen LogP contribution is 2.14. The summed E-state index contributed by atoms with van der Waals surface area (Å²) in [4.78, 5) is 38.1. The first-order chi connectivity index (χ1) is 33.5. The van der Waals surface area contributed by atoms with Crippen molar-refractivity contribution in [2.45, 2.75) is 264 Å². The molecule has 68 heavy (non-hydrogen) atoms. The minimum absolute atomic E-state index is 0.0963. The lowest BCUT2D eigenvalue weighted by Crippen LogP contribution is -2.30. The molecule has 6 heteroatoms. The third kappa shape index (κ3) is 53.3. The van der Waals surface area contributed by atoms with Gasteiger partial charge in [-0.2, -0.15) is 0 Å². The number of rotatable bonds is 50. The van der Waals surface area contributed by atoms with E-state index in [-0.39, 0.29) is 31.1 Å². The van der Waals surface area contributed by atoms with E-state index in [1.165, 1.54) is 103 Å². The van der Waals surface area contributed by atoms with Gasteiger partial charge in [0.1, 0.15) is 13.2 Å². The van der Waals surface area contributed by atoms with Crippen LogP contribution >= 0.6 is 0 Å². The van der Waals surface area contributed by atoms with Crippen molar-refractivity contribution in [2.24, 2.45) is 0 Å². The van der Waals surface area contributed by atoms with Crippen LogP contribution in [0.1, 0.15) is 258 Å². The van der Waals surface area contributed by atoms with Crippen molar-refractivity contribution in [2.75, 3.05) is 13.2 Å². The Hall–Kier alpha value is -3.67. The smallest absolute Gasteiger partial charge is 0.306 e. The molecule has 0 spiro atoms. The summed E-state index contributed by atoms with van der Waals surface area (Å²) in [6.07, 6.45) is 73.9. The number of hydrogen-bond acceptors (Lipinski definition) is 6. The highest BCUT2D eigenvalue weighted by molar-refractivity contribution is 5.71. The van der Waals surface area contributed by atoms with E-state index in [1.54, 1.807) is 0 Å². The summed E-state index contributed by atoms with van der Waals surface area (Å²) in [6.45, 7) is 6.45. The summed E-state index contributed by atoms with van der Waals surface area (Å²) in [5, 5.41) is 0. The lowest BCUT2D eigenvalue weighted by molar-refractivity contribution is -0.167. The Labute approximate surface area is 419 Å². The number of ether oxygens (including phenoxy) is 3. The van der Waals surface area contributed by atoms with Gasteiger partial charge in [-0.25, -0.2) is 0 Å². The van der Waals surface area contributed by atoms with E-state index in [0.717, 1.165) is 116 Å². The van der Waals surface area contributed by atoms with Crippen molar-refractivity contribution in [3.05, 3.63) is 97.2 Å². The first kappa shape index (κ1) is 64.3. The van der Waals surface area contributed by atoms with Crippen molar-refractivity contribution in [3.8, 4) is 0 Å². The van der Waals surface area contributed by atoms with Crippen molar-refractivity contribution >= 4 is 17.9 Å². The Morgan fingerprint density at radius 3 is 0.926 bits per heavy atom. The summed E-state index contributed by atoms with van der Waals surface area (Å²) in [5.74, 6) is -0.944. The second-order valence-electron chi connectivity index (χ2n) is 18.5. The van der Waals surface area contributed by atoms with E-state index >= 15 is 0 Å². The van der Waals surface area contributed by atoms with E-state index in [0.29, 0.717) is 19.3 Å². The molecule has 0 heterocycles. The zero-order valence-corrected chi connectivity index (χ0v) is 44.3. The molecular weight excluding hydrogens is 841 g/mol. The molecule has 0 aromatic rings. The number of unbranched alkanes of at least 4 members (excludes halogenated alkanes) is 23. The van der Waals surface area contributed by atoms with Gasteiger partial charge in [0.05, 0.1) is 0 Å². The topological polar surface area (TPSA) is 78.9 Å². The highest BCUT2D eigenvalue weighted by atomic mass is 16.6. The number of carbonyl (C=O) groups excluding carboxylic acids is 3. The monoisotopic (exact) mass is 945 g/mol. The molecule has 0 aliphatic heterocycles. The van der Waals surface area contributed by atoms with Gasteiger partial charge in [0.2, 0.25) is 0 Å². The van der Waals surface area contributed by atoms with E-state index in [1.807, 2.05) is 0 Å². The van der Waals surface area contributed by atoms with Crippen LogP contribution in [0.2, 0.25) is 0 Å². The predicted molar refractivity (Wildman–Crippen MR) is 293 cm³/mol. The van der Waals surface area contributed by atoms with Gasteiger partial charge in [-0.1, -0.05) is 214 Å². The van der Waals surface area contributed by atoms with E-state index < -0.39 is 6.10 Å². The molecule has 0 bridgehead atoms. The summed E-state index contributed by atoms with van der Waals surface area (Å²) < 4.78 is 16.8. The quantitative estimate of drug-likeness (QED) is 0.0262. The number of carbonyl (C=O) groups is 3. The fourth-order valence-electron chi connectivity index (χ4n) is 7.55. The standard InChI is InChI=1S/C62H104O6/c1-4-7-10-13-16-19-22-25-27-29-31-33-34-37-40-43-46-49-52-55-61(64)67-58-59(57-66-60(63)54-51-48-45-42-39-36-24-21-18-15-12-9-6-3)68-62(65)56-53-50-47-44-41-38-35-32-30-28-26-23-20-17-14-11-8-5-2/h7,10,16,19-21,23-25,27-28,30-31,33,37,40,59H,4-6,8-9,11-15,17-18,22,26,29,32,34-36,38-39,41-58H2,1-3H3/b10-7-,19-16-,23-20-,24-21-,27-25-,30-28-,33-31-,40-37-. The van der Waals surface area contributed by atoms with Crippen molar-refractivity contribution in [1.29, 1.82) is 0 Å². The Kier molecular flexibility index (Phi) is 52.9. The average Bonchev–Trinajstić information content (AvgIpc) is 3.34. The molecule has 0 aliphatic rings. The van der Waals surface area contributed by atoms with Crippen LogP contribution in [0.3, 0.4) is 0 Å². The molecule has 0 aromatic heterocycles. The molecule has 0 saturated carbocycles. The molecule has 0 amide bonds. The minimum atomic E-state index is -0.800. The van der Waals surface area contributed by atoms with Gasteiger partial charge in [-0.3, -0.25) is 14.4 Å². The van der Waals surface area contributed by atoms with E-state index in [2.05, 4.69) is 118 Å². The third-order valence-electron chi connectivity index (χ3n) is 11.8. The molecule has 6 nitrogen and oxygen atoms in total. The van der Waals surface area contributed by atoms with Gasteiger partial charge in [0.25, 0.3) is 0 Å². The number of hydrogen-bond donors (Lipinski definition) is 0. The second-order valence-corrected chi connectivity index (χ2v) is 18.5. The summed E-state index contributed by atoms with van der Waals surface area (Å²) >= 11 is 0. The van der Waals surface area contributed by atoms with Crippen LogP contribution in [-0.2, 0) is 28.6 Å². The summed E-state index contributed by atoms with van der Waals surface area (Å²) in [7, 11) is 0.